The van der Waals surface area contributed by atoms with Crippen LogP contribution in [0.4, 0.5) is 32.4 Å². The Morgan fingerprint density at radius 1 is 0.968 bits per heavy atom. The van der Waals surface area contributed by atoms with E-state index >= 15 is 0 Å². The fourth-order valence-corrected chi connectivity index (χ4v) is 3.80. The Kier molecular flexibility index (Phi) is 5.39. The smallest absolute Gasteiger partial charge is 0.313 e. The van der Waals surface area contributed by atoms with Crippen LogP contribution in [0.3, 0.4) is 0 Å². The van der Waals surface area contributed by atoms with Crippen LogP contribution in [0.2, 0.25) is 0 Å². The van der Waals surface area contributed by atoms with E-state index in [4.69, 9.17) is 0 Å². The molecule has 0 fully saturated rings. The van der Waals surface area contributed by atoms with E-state index in [2.05, 4.69) is 5.32 Å². The molecule has 1 heterocycles. The number of rotatable bonds is 2. The average Bonchev–Trinajstić information content (AvgIpc) is 2.73. The molecule has 8 heteroatoms. The van der Waals surface area contributed by atoms with Crippen LogP contribution in [-0.4, -0.2) is 17.5 Å². The van der Waals surface area contributed by atoms with Crippen molar-refractivity contribution in [1.29, 1.82) is 0 Å². The first-order valence-corrected chi connectivity index (χ1v) is 9.51. The Hall–Kier alpha value is -3.42. The molecule has 0 bridgehead atoms. The van der Waals surface area contributed by atoms with Crippen LogP contribution < -0.4 is 5.32 Å². The summed E-state index contributed by atoms with van der Waals surface area (Å²) >= 11 is 0. The van der Waals surface area contributed by atoms with Crippen molar-refractivity contribution in [3.63, 3.8) is 0 Å². The molecule has 0 aliphatic carbocycles. The largest absolute Gasteiger partial charge is 0.419 e. The summed E-state index contributed by atoms with van der Waals surface area (Å²) in [5.41, 5.74) is 0.873. The number of amides is 2. The monoisotopic (exact) mass is 432 g/mol. The van der Waals surface area contributed by atoms with Gasteiger partial charge in [-0.3, -0.25) is 0 Å². The van der Waals surface area contributed by atoms with E-state index < -0.39 is 35.4 Å². The molecule has 0 aromatic heterocycles. The van der Waals surface area contributed by atoms with Crippen molar-refractivity contribution >= 4 is 11.7 Å². The van der Waals surface area contributed by atoms with Gasteiger partial charge < -0.3 is 10.2 Å². The molecular weight excluding hydrogens is 415 g/mol. The van der Waals surface area contributed by atoms with Crippen molar-refractivity contribution in [3.05, 3.63) is 101 Å². The summed E-state index contributed by atoms with van der Waals surface area (Å²) < 4.78 is 66.4. The minimum atomic E-state index is -4.81. The maximum absolute atomic E-state index is 14.3. The van der Waals surface area contributed by atoms with Crippen molar-refractivity contribution < 1.29 is 26.7 Å². The molecule has 1 N–H and O–H groups in total. The van der Waals surface area contributed by atoms with Gasteiger partial charge in [-0.05, 0) is 59.5 Å². The van der Waals surface area contributed by atoms with Crippen molar-refractivity contribution in [2.24, 2.45) is 0 Å². The van der Waals surface area contributed by atoms with Gasteiger partial charge in [0.1, 0.15) is 11.6 Å². The molecule has 4 rings (SSSR count). The molecular formula is C23H17F5N2O. The van der Waals surface area contributed by atoms with Gasteiger partial charge in [-0.25, -0.2) is 13.6 Å². The molecule has 0 saturated carbocycles. The molecule has 160 valence electrons. The molecule has 3 aromatic carbocycles. The van der Waals surface area contributed by atoms with E-state index in [1.54, 1.807) is 12.1 Å². The van der Waals surface area contributed by atoms with Crippen LogP contribution >= 0.6 is 0 Å². The first-order valence-electron chi connectivity index (χ1n) is 9.51. The predicted molar refractivity (Wildman–Crippen MR) is 106 cm³/mol. The summed E-state index contributed by atoms with van der Waals surface area (Å²) in [6.07, 6.45) is -4.28. The van der Waals surface area contributed by atoms with Crippen LogP contribution in [-0.2, 0) is 12.6 Å². The van der Waals surface area contributed by atoms with Gasteiger partial charge in [0.2, 0.25) is 0 Å². The zero-order valence-electron chi connectivity index (χ0n) is 16.1. The number of carbonyl (C=O) groups is 1. The Morgan fingerprint density at radius 3 is 2.35 bits per heavy atom. The second-order valence-electron chi connectivity index (χ2n) is 7.22. The van der Waals surface area contributed by atoms with E-state index in [0.29, 0.717) is 23.7 Å². The third-order valence-corrected chi connectivity index (χ3v) is 5.25. The lowest BCUT2D eigenvalue weighted by molar-refractivity contribution is -0.140. The number of hydrogen-bond donors (Lipinski definition) is 1. The number of fused-ring (bicyclic) bond motifs is 1. The molecule has 3 aromatic rings. The number of benzene rings is 3. The van der Waals surface area contributed by atoms with Gasteiger partial charge >= 0.3 is 12.2 Å². The SMILES string of the molecule is O=C(Nc1ccc(F)cc1)N1CCc2ccccc2[C@H]1c1ccc(C(F)(F)F)c(F)c1. The van der Waals surface area contributed by atoms with Gasteiger partial charge in [-0.1, -0.05) is 30.3 Å². The summed E-state index contributed by atoms with van der Waals surface area (Å²) in [5.74, 6) is -1.85. The third-order valence-electron chi connectivity index (χ3n) is 5.25. The quantitative estimate of drug-likeness (QED) is 0.483. The highest BCUT2D eigenvalue weighted by molar-refractivity contribution is 5.90. The van der Waals surface area contributed by atoms with Crippen molar-refractivity contribution in [3.8, 4) is 0 Å². The zero-order valence-corrected chi connectivity index (χ0v) is 16.1. The maximum Gasteiger partial charge on any atom is 0.419 e. The number of nitrogens with zero attached hydrogens (tertiary/aromatic N) is 1. The minimum absolute atomic E-state index is 0.229. The van der Waals surface area contributed by atoms with Gasteiger partial charge in [0.15, 0.2) is 0 Å². The van der Waals surface area contributed by atoms with E-state index in [1.165, 1.54) is 35.2 Å². The Labute approximate surface area is 175 Å². The van der Waals surface area contributed by atoms with Crippen LogP contribution in [0.15, 0.2) is 66.7 Å². The fraction of sp³-hybridized carbons (Fsp3) is 0.174. The lowest BCUT2D eigenvalue weighted by Gasteiger charge is -2.37. The van der Waals surface area contributed by atoms with Crippen LogP contribution in [0.25, 0.3) is 0 Å². The molecule has 2 amide bonds. The second kappa shape index (κ2) is 8.02. The van der Waals surface area contributed by atoms with Gasteiger partial charge in [0, 0.05) is 12.2 Å². The Bertz CT molecular complexity index is 1110. The van der Waals surface area contributed by atoms with Crippen molar-refractivity contribution in [2.45, 2.75) is 18.6 Å². The van der Waals surface area contributed by atoms with E-state index in [-0.39, 0.29) is 12.1 Å². The van der Waals surface area contributed by atoms with Gasteiger partial charge in [0.25, 0.3) is 0 Å². The van der Waals surface area contributed by atoms with E-state index in [9.17, 15) is 26.7 Å². The first-order chi connectivity index (χ1) is 14.7. The molecule has 0 saturated heterocycles. The Balaban J connectivity index is 1.72. The summed E-state index contributed by atoms with van der Waals surface area (Å²) in [4.78, 5) is 14.4. The Morgan fingerprint density at radius 2 is 1.68 bits per heavy atom. The molecule has 0 spiro atoms. The topological polar surface area (TPSA) is 32.3 Å². The molecule has 0 radical (unpaired) electrons. The van der Waals surface area contributed by atoms with E-state index in [0.717, 1.165) is 11.6 Å². The summed E-state index contributed by atoms with van der Waals surface area (Å²) in [5, 5.41) is 2.67. The summed E-state index contributed by atoms with van der Waals surface area (Å²) in [6, 6.07) is 13.8. The lowest BCUT2D eigenvalue weighted by atomic mass is 9.88. The number of halogens is 5. The number of alkyl halides is 3. The molecule has 1 atom stereocenters. The predicted octanol–water partition coefficient (Wildman–Crippen LogP) is 6.16. The lowest BCUT2D eigenvalue weighted by Crippen LogP contribution is -2.43. The van der Waals surface area contributed by atoms with Gasteiger partial charge in [-0.2, -0.15) is 13.2 Å². The highest BCUT2D eigenvalue weighted by Crippen LogP contribution is 2.38. The van der Waals surface area contributed by atoms with Crippen molar-refractivity contribution in [1.82, 2.24) is 4.90 Å². The second-order valence-corrected chi connectivity index (χ2v) is 7.22. The first kappa shape index (κ1) is 20.8. The number of nitrogens with one attached hydrogen (secondary N) is 1. The standard InChI is InChI=1S/C23H17F5N2O/c24-16-6-8-17(9-7-16)29-22(31)30-12-11-14-3-1-2-4-18(14)21(30)15-5-10-19(20(25)13-15)23(26,27)28/h1-10,13,21H,11-12H2,(H,29,31)/t21-/m1/s1. The normalized spacial score (nSPS) is 16.0. The number of urea groups is 1. The van der Waals surface area contributed by atoms with Gasteiger partial charge in [0.05, 0.1) is 11.6 Å². The molecule has 31 heavy (non-hydrogen) atoms. The average molecular weight is 432 g/mol. The van der Waals surface area contributed by atoms with Crippen LogP contribution in [0, 0.1) is 11.6 Å². The number of anilines is 1. The summed E-state index contributed by atoms with van der Waals surface area (Å²) in [7, 11) is 0. The molecule has 1 aliphatic rings. The van der Waals surface area contributed by atoms with E-state index in [1.807, 2.05) is 12.1 Å². The zero-order chi connectivity index (χ0) is 22.2. The number of carbonyl (C=O) groups excluding carboxylic acids is 1. The minimum Gasteiger partial charge on any atom is -0.313 e. The van der Waals surface area contributed by atoms with Crippen LogP contribution in [0.1, 0.15) is 28.3 Å². The molecule has 0 unspecified atom stereocenters. The molecule has 3 nitrogen and oxygen atoms in total. The molecule has 1 aliphatic heterocycles. The van der Waals surface area contributed by atoms with Gasteiger partial charge in [-0.15, -0.1) is 0 Å². The fourth-order valence-electron chi connectivity index (χ4n) is 3.80. The van der Waals surface area contributed by atoms with Crippen LogP contribution in [0.5, 0.6) is 0 Å². The van der Waals surface area contributed by atoms with Crippen molar-refractivity contribution in [2.75, 3.05) is 11.9 Å². The summed E-state index contributed by atoms with van der Waals surface area (Å²) in [6.45, 7) is 0.275. The maximum atomic E-state index is 14.3. The highest BCUT2D eigenvalue weighted by Gasteiger charge is 2.36. The highest BCUT2D eigenvalue weighted by atomic mass is 19.4. The number of hydrogen-bond acceptors (Lipinski definition) is 1. The third kappa shape index (κ3) is 4.23.